The fraction of sp³-hybridized carbons (Fsp3) is 0.625. The molecule has 1 aromatic rings. The van der Waals surface area contributed by atoms with Crippen molar-refractivity contribution in [2.45, 2.75) is 31.2 Å². The molecule has 22 heavy (non-hydrogen) atoms. The molecule has 1 heterocycles. The number of hydrogen-bond acceptors (Lipinski definition) is 3. The maximum atomic E-state index is 11.0. The summed E-state index contributed by atoms with van der Waals surface area (Å²) < 4.78 is 11.0. The molecule has 122 valence electrons. The lowest BCUT2D eigenvalue weighted by atomic mass is 9.97. The molecule has 1 aliphatic heterocycles. The van der Waals surface area contributed by atoms with Crippen molar-refractivity contribution in [3.8, 4) is 0 Å². The second kappa shape index (κ2) is 6.81. The Morgan fingerprint density at radius 1 is 1.18 bits per heavy atom. The van der Waals surface area contributed by atoms with Crippen LogP contribution in [0, 0.1) is 5.92 Å². The van der Waals surface area contributed by atoms with E-state index in [0.29, 0.717) is 17.9 Å². The van der Waals surface area contributed by atoms with Crippen LogP contribution in [0.1, 0.15) is 30.7 Å². The quantitative estimate of drug-likeness (QED) is 0.698. The van der Waals surface area contributed by atoms with Crippen LogP contribution >= 0.6 is 7.60 Å². The van der Waals surface area contributed by atoms with E-state index in [9.17, 15) is 4.57 Å². The van der Waals surface area contributed by atoms with Gasteiger partial charge in [0.15, 0.2) is 0 Å². The van der Waals surface area contributed by atoms with Crippen molar-refractivity contribution in [2.75, 3.05) is 25.9 Å². The molecule has 3 rings (SSSR count). The van der Waals surface area contributed by atoms with E-state index in [1.54, 1.807) is 0 Å². The normalized spacial score (nSPS) is 27.0. The van der Waals surface area contributed by atoms with E-state index >= 15 is 0 Å². The number of rotatable bonds is 6. The number of benzene rings is 1. The second-order valence-corrected chi connectivity index (χ2v) is 8.25. The summed E-state index contributed by atoms with van der Waals surface area (Å²) in [7, 11) is -3.91. The largest absolute Gasteiger partial charge is 0.339 e. The molecule has 1 saturated heterocycles. The molecule has 0 bridgehead atoms. The van der Waals surface area contributed by atoms with Gasteiger partial charge in [-0.15, -0.1) is 0 Å². The van der Waals surface area contributed by atoms with Gasteiger partial charge in [-0.3, -0.25) is 9.46 Å². The van der Waals surface area contributed by atoms with E-state index in [4.69, 9.17) is 9.79 Å². The fourth-order valence-electron chi connectivity index (χ4n) is 3.40. The third kappa shape index (κ3) is 4.64. The predicted molar refractivity (Wildman–Crippen MR) is 86.8 cm³/mol. The topological polar surface area (TPSA) is 72.8 Å². The van der Waals surface area contributed by atoms with Gasteiger partial charge in [0.25, 0.3) is 0 Å². The number of nitrogens with zero attached hydrogens (tertiary/aromatic N) is 1. The molecule has 6 heteroatoms. The van der Waals surface area contributed by atoms with Crippen LogP contribution in [0.25, 0.3) is 0 Å². The van der Waals surface area contributed by atoms with Crippen molar-refractivity contribution >= 4 is 7.60 Å². The van der Waals surface area contributed by atoms with Gasteiger partial charge in [-0.25, -0.2) is 0 Å². The van der Waals surface area contributed by atoms with Crippen LogP contribution in [-0.2, 0) is 4.57 Å². The minimum Gasteiger partial charge on any atom is -0.324 e. The van der Waals surface area contributed by atoms with Gasteiger partial charge in [0.05, 0.1) is 0 Å². The number of likely N-dealkylation sites (tertiary alicyclic amines) is 1. The molecule has 2 unspecified atom stereocenters. The van der Waals surface area contributed by atoms with Gasteiger partial charge in [-0.2, -0.15) is 0 Å². The third-order valence-electron chi connectivity index (χ3n) is 4.78. The maximum Gasteiger partial charge on any atom is 0.339 e. The molecule has 2 aliphatic rings. The zero-order chi connectivity index (χ0) is 15.6. The Labute approximate surface area is 131 Å². The molecule has 2 atom stereocenters. The van der Waals surface area contributed by atoms with Gasteiger partial charge >= 0.3 is 7.60 Å². The molecule has 0 amide bonds. The first-order valence-electron chi connectivity index (χ1n) is 8.06. The Bertz CT molecular complexity index is 525. The molecular formula is C16H25N2O3P. The summed E-state index contributed by atoms with van der Waals surface area (Å²) >= 11 is 0. The van der Waals surface area contributed by atoms with Gasteiger partial charge in [-0.1, -0.05) is 30.3 Å². The molecule has 1 aliphatic carbocycles. The van der Waals surface area contributed by atoms with E-state index in [1.165, 1.54) is 12.0 Å². The van der Waals surface area contributed by atoms with Gasteiger partial charge < -0.3 is 15.1 Å². The fourth-order valence-corrected chi connectivity index (χ4v) is 4.20. The lowest BCUT2D eigenvalue weighted by molar-refractivity contribution is 0.193. The van der Waals surface area contributed by atoms with Crippen molar-refractivity contribution in [1.29, 1.82) is 0 Å². The first-order chi connectivity index (χ1) is 10.5. The molecule has 0 aromatic heterocycles. The molecule has 3 N–H and O–H groups in total. The average Bonchev–Trinajstić information content (AvgIpc) is 3.26. The Morgan fingerprint density at radius 2 is 1.86 bits per heavy atom. The number of nitrogens with one attached hydrogen (secondary N) is 1. The highest BCUT2D eigenvalue weighted by Gasteiger charge is 2.38. The van der Waals surface area contributed by atoms with Crippen molar-refractivity contribution < 1.29 is 14.4 Å². The summed E-state index contributed by atoms with van der Waals surface area (Å²) in [6.45, 7) is 2.62. The summed E-state index contributed by atoms with van der Waals surface area (Å²) in [4.78, 5) is 19.9. The first-order valence-corrected chi connectivity index (χ1v) is 9.86. The van der Waals surface area contributed by atoms with Crippen LogP contribution in [0.5, 0.6) is 0 Å². The van der Waals surface area contributed by atoms with Gasteiger partial charge in [-0.05, 0) is 50.4 Å². The summed E-state index contributed by atoms with van der Waals surface area (Å²) in [5.74, 6) is 1.29. The van der Waals surface area contributed by atoms with Crippen molar-refractivity contribution in [1.82, 2.24) is 10.2 Å². The highest BCUT2D eigenvalue weighted by Crippen LogP contribution is 2.41. The van der Waals surface area contributed by atoms with Crippen LogP contribution in [0.15, 0.2) is 30.3 Å². The third-order valence-corrected chi connectivity index (χ3v) is 5.55. The Kier molecular flexibility index (Phi) is 5.00. The molecule has 0 radical (unpaired) electrons. The van der Waals surface area contributed by atoms with E-state index in [1.807, 2.05) is 4.90 Å². The molecule has 1 aromatic carbocycles. The zero-order valence-corrected chi connectivity index (χ0v) is 13.7. The predicted octanol–water partition coefficient (Wildman–Crippen LogP) is 1.98. The van der Waals surface area contributed by atoms with Crippen molar-refractivity contribution in [3.63, 3.8) is 0 Å². The van der Waals surface area contributed by atoms with E-state index in [-0.39, 0.29) is 6.29 Å². The summed E-state index contributed by atoms with van der Waals surface area (Å²) in [5.41, 5.74) is 1.43. The van der Waals surface area contributed by atoms with Crippen LogP contribution in [0.3, 0.4) is 0 Å². The summed E-state index contributed by atoms with van der Waals surface area (Å²) in [5, 5.41) is 3.67. The molecular weight excluding hydrogens is 299 g/mol. The first kappa shape index (κ1) is 16.2. The monoisotopic (exact) mass is 324 g/mol. The summed E-state index contributed by atoms with van der Waals surface area (Å²) in [6, 6.07) is 11.3. The van der Waals surface area contributed by atoms with E-state index in [0.717, 1.165) is 32.5 Å². The van der Waals surface area contributed by atoms with Crippen LogP contribution in [0.4, 0.5) is 0 Å². The minimum atomic E-state index is -3.91. The average molecular weight is 324 g/mol. The van der Waals surface area contributed by atoms with Gasteiger partial charge in [0.1, 0.15) is 6.29 Å². The van der Waals surface area contributed by atoms with Crippen molar-refractivity contribution in [2.24, 2.45) is 5.92 Å². The second-order valence-electron chi connectivity index (χ2n) is 6.64. The summed E-state index contributed by atoms with van der Waals surface area (Å²) in [6.07, 6.45) is 3.18. The number of hydrogen-bond donors (Lipinski definition) is 3. The van der Waals surface area contributed by atoms with E-state index < -0.39 is 7.60 Å². The standard InChI is InChI=1S/C16H25N2O3P/c19-22(20,21)12-18-8-6-13(7-9-18)11-17-16-10-15(16)14-4-2-1-3-5-14/h1-5,13,15-17H,6-12H2,(H2,19,20,21). The highest BCUT2D eigenvalue weighted by molar-refractivity contribution is 7.51. The lowest BCUT2D eigenvalue weighted by Gasteiger charge is -2.32. The molecule has 5 nitrogen and oxygen atoms in total. The van der Waals surface area contributed by atoms with Crippen molar-refractivity contribution in [3.05, 3.63) is 35.9 Å². The Morgan fingerprint density at radius 3 is 2.50 bits per heavy atom. The lowest BCUT2D eigenvalue weighted by Crippen LogP contribution is -2.38. The van der Waals surface area contributed by atoms with Crippen LogP contribution in [-0.4, -0.2) is 46.6 Å². The van der Waals surface area contributed by atoms with Gasteiger partial charge in [0.2, 0.25) is 0 Å². The molecule has 1 saturated carbocycles. The number of piperidine rings is 1. The minimum absolute atomic E-state index is 0.0914. The van der Waals surface area contributed by atoms with Gasteiger partial charge in [0, 0.05) is 12.0 Å². The Balaban J connectivity index is 1.36. The molecule has 2 fully saturated rings. The Hall–Kier alpha value is -0.710. The SMILES string of the molecule is O=P(O)(O)CN1CCC(CNC2CC2c2ccccc2)CC1. The molecule has 0 spiro atoms. The van der Waals surface area contributed by atoms with Crippen LogP contribution < -0.4 is 5.32 Å². The maximum absolute atomic E-state index is 11.0. The van der Waals surface area contributed by atoms with Crippen LogP contribution in [0.2, 0.25) is 0 Å². The smallest absolute Gasteiger partial charge is 0.324 e. The zero-order valence-electron chi connectivity index (χ0n) is 12.8. The van der Waals surface area contributed by atoms with E-state index in [2.05, 4.69) is 35.6 Å². The highest BCUT2D eigenvalue weighted by atomic mass is 31.2.